The lowest BCUT2D eigenvalue weighted by molar-refractivity contribution is -0.139. The molecule has 3 aromatic rings. The second kappa shape index (κ2) is 15.9. The molecular weight excluding hydrogens is 708 g/mol. The van der Waals surface area contributed by atoms with Crippen LogP contribution in [-0.4, -0.2) is 84.4 Å². The molecule has 16 heteroatoms. The van der Waals surface area contributed by atoms with Crippen LogP contribution in [0.25, 0.3) is 10.4 Å². The van der Waals surface area contributed by atoms with Crippen LogP contribution >= 0.6 is 22.9 Å². The van der Waals surface area contributed by atoms with Gasteiger partial charge in [-0.25, -0.2) is 22.8 Å². The SMILES string of the molecule is CC(C)(C)OC(=O)NCCNc1cccc(CS(=O)(=O)N2CC[C@H](Nc3cccc(-c4sc(C(=O)O)c(OCC(=O)O)c4Cl)c3)CC2(C)C)c1. The summed E-state index contributed by atoms with van der Waals surface area (Å²) < 4.78 is 39.4. The summed E-state index contributed by atoms with van der Waals surface area (Å²) in [6, 6.07) is 14.4. The zero-order valence-corrected chi connectivity index (χ0v) is 30.9. The summed E-state index contributed by atoms with van der Waals surface area (Å²) in [5.41, 5.74) is 1.44. The average molecular weight is 751 g/mol. The Bertz CT molecular complexity index is 1820. The fourth-order valence-corrected chi connectivity index (χ4v) is 9.11. The molecule has 2 aromatic carbocycles. The Labute approximate surface area is 301 Å². The van der Waals surface area contributed by atoms with Gasteiger partial charge in [-0.1, -0.05) is 35.9 Å². The van der Waals surface area contributed by atoms with E-state index < -0.39 is 45.8 Å². The molecule has 4 rings (SSSR count). The third-order valence-corrected chi connectivity index (χ3v) is 11.4. The summed E-state index contributed by atoms with van der Waals surface area (Å²) in [4.78, 5) is 34.9. The number of halogens is 1. The zero-order chi connectivity index (χ0) is 36.9. The van der Waals surface area contributed by atoms with Gasteiger partial charge in [-0.3, -0.25) is 0 Å². The first kappa shape index (κ1) is 38.7. The van der Waals surface area contributed by atoms with Gasteiger partial charge < -0.3 is 35.6 Å². The highest BCUT2D eigenvalue weighted by Crippen LogP contribution is 2.46. The van der Waals surface area contributed by atoms with Crippen LogP contribution in [0.1, 0.15) is 62.7 Å². The number of carboxylic acid groups (broad SMARTS) is 2. The van der Waals surface area contributed by atoms with E-state index in [1.807, 2.05) is 32.0 Å². The summed E-state index contributed by atoms with van der Waals surface area (Å²) in [6.45, 7) is 9.51. The van der Waals surface area contributed by atoms with Gasteiger partial charge in [0.1, 0.15) is 10.6 Å². The van der Waals surface area contributed by atoms with Gasteiger partial charge in [0.15, 0.2) is 17.2 Å². The van der Waals surface area contributed by atoms with Crippen molar-refractivity contribution in [3.8, 4) is 16.2 Å². The van der Waals surface area contributed by atoms with Crippen molar-refractivity contribution in [2.24, 2.45) is 0 Å². The Morgan fingerprint density at radius 1 is 1.06 bits per heavy atom. The second-order valence-corrected chi connectivity index (χ2v) is 16.8. The molecule has 5 N–H and O–H groups in total. The standard InChI is InChI=1S/C34H43ClN4O9S2/c1-33(2,3)48-32(44)37-14-13-36-23-10-6-8-21(16-23)20-50(45,46)39-15-12-25(18-34(39,4)5)38-24-11-7-9-22(17-24)29-27(35)28(47-19-26(40)41)30(49-29)31(42)43/h6-11,16-17,25,36,38H,12-15,18-20H2,1-5H3,(H,37,44)(H,40,41)(H,42,43)/t25-/m0/s1. The van der Waals surface area contributed by atoms with Gasteiger partial charge in [0, 0.05) is 42.6 Å². The van der Waals surface area contributed by atoms with Crippen LogP contribution in [0.15, 0.2) is 48.5 Å². The lowest BCUT2D eigenvalue weighted by atomic mass is 9.89. The zero-order valence-electron chi connectivity index (χ0n) is 28.5. The van der Waals surface area contributed by atoms with Crippen LogP contribution < -0.4 is 20.7 Å². The molecule has 1 aliphatic heterocycles. The van der Waals surface area contributed by atoms with Crippen molar-refractivity contribution in [3.63, 3.8) is 0 Å². The Morgan fingerprint density at radius 3 is 2.42 bits per heavy atom. The van der Waals surface area contributed by atoms with Gasteiger partial charge in [-0.05, 0) is 82.9 Å². The fraction of sp³-hybridized carbons (Fsp3) is 0.441. The van der Waals surface area contributed by atoms with E-state index in [9.17, 15) is 27.9 Å². The fourth-order valence-electron chi connectivity index (χ4n) is 5.74. The number of carbonyl (C=O) groups excluding carboxylic acids is 1. The Hall–Kier alpha value is -4.05. The lowest BCUT2D eigenvalue weighted by Crippen LogP contribution is -2.55. The van der Waals surface area contributed by atoms with Crippen LogP contribution in [0, 0.1) is 0 Å². The number of alkyl carbamates (subject to hydrolysis) is 1. The minimum atomic E-state index is -3.68. The summed E-state index contributed by atoms with van der Waals surface area (Å²) in [7, 11) is -3.68. The van der Waals surface area contributed by atoms with Crippen LogP contribution in [-0.2, 0) is 25.3 Å². The third-order valence-electron chi connectivity index (χ3n) is 7.67. The number of ether oxygens (including phenoxy) is 2. The molecule has 0 aliphatic carbocycles. The number of piperidine rings is 1. The number of nitrogens with zero attached hydrogens (tertiary/aromatic N) is 1. The van der Waals surface area contributed by atoms with Crippen molar-refractivity contribution in [3.05, 3.63) is 64.0 Å². The molecule has 50 heavy (non-hydrogen) atoms. The molecular formula is C34H43ClN4O9S2. The maximum Gasteiger partial charge on any atom is 0.407 e. The Balaban J connectivity index is 1.38. The summed E-state index contributed by atoms with van der Waals surface area (Å²) in [6.07, 6.45) is 0.572. The molecule has 0 unspecified atom stereocenters. The smallest absolute Gasteiger partial charge is 0.407 e. The van der Waals surface area contributed by atoms with E-state index >= 15 is 0 Å². The number of anilines is 2. The van der Waals surface area contributed by atoms with Crippen molar-refractivity contribution < 1.29 is 42.5 Å². The topological polar surface area (TPSA) is 184 Å². The number of hydrogen-bond acceptors (Lipinski definition) is 10. The maximum atomic E-state index is 13.7. The molecule has 0 saturated carbocycles. The highest BCUT2D eigenvalue weighted by atomic mass is 35.5. The first-order valence-electron chi connectivity index (χ1n) is 15.9. The number of thiophene rings is 1. The number of sulfonamides is 1. The highest BCUT2D eigenvalue weighted by Gasteiger charge is 2.41. The summed E-state index contributed by atoms with van der Waals surface area (Å²) >= 11 is 7.37. The molecule has 1 atom stereocenters. The van der Waals surface area contributed by atoms with Crippen LogP contribution in [0.5, 0.6) is 5.75 Å². The molecule has 0 bridgehead atoms. The molecule has 2 heterocycles. The van der Waals surface area contributed by atoms with Gasteiger partial charge in [0.2, 0.25) is 10.0 Å². The van der Waals surface area contributed by atoms with E-state index in [4.69, 9.17) is 26.2 Å². The molecule has 1 aliphatic rings. The summed E-state index contributed by atoms with van der Waals surface area (Å²) in [5, 5.41) is 28.0. The minimum Gasteiger partial charge on any atom is -0.479 e. The van der Waals surface area contributed by atoms with Gasteiger partial charge in [0.25, 0.3) is 0 Å². The van der Waals surface area contributed by atoms with Crippen LogP contribution in [0.3, 0.4) is 0 Å². The third kappa shape index (κ3) is 10.5. The molecule has 1 amide bonds. The van der Waals surface area contributed by atoms with Crippen molar-refractivity contribution in [2.45, 2.75) is 70.4 Å². The lowest BCUT2D eigenvalue weighted by Gasteiger charge is -2.45. The Kier molecular flexibility index (Phi) is 12.3. The molecule has 1 saturated heterocycles. The van der Waals surface area contributed by atoms with Gasteiger partial charge in [-0.15, -0.1) is 11.3 Å². The Morgan fingerprint density at radius 2 is 1.76 bits per heavy atom. The van der Waals surface area contributed by atoms with E-state index in [1.54, 1.807) is 55.4 Å². The predicted molar refractivity (Wildman–Crippen MR) is 194 cm³/mol. The number of amides is 1. The van der Waals surface area contributed by atoms with Gasteiger partial charge >= 0.3 is 18.0 Å². The number of aliphatic carboxylic acids is 1. The number of carbonyl (C=O) groups is 3. The summed E-state index contributed by atoms with van der Waals surface area (Å²) in [5.74, 6) is -2.90. The van der Waals surface area contributed by atoms with Crippen molar-refractivity contribution >= 4 is 62.4 Å². The van der Waals surface area contributed by atoms with Crippen molar-refractivity contribution in [2.75, 3.05) is 36.9 Å². The quantitative estimate of drug-likeness (QED) is 0.116. The predicted octanol–water partition coefficient (Wildman–Crippen LogP) is 6.35. The second-order valence-electron chi connectivity index (χ2n) is 13.5. The van der Waals surface area contributed by atoms with Gasteiger partial charge in [-0.2, -0.15) is 4.31 Å². The number of aromatic carboxylic acids is 1. The highest BCUT2D eigenvalue weighted by molar-refractivity contribution is 7.88. The maximum absolute atomic E-state index is 13.7. The van der Waals surface area contributed by atoms with E-state index in [0.717, 1.165) is 22.7 Å². The molecule has 272 valence electrons. The average Bonchev–Trinajstić information content (AvgIpc) is 3.33. The molecule has 1 fully saturated rings. The van der Waals surface area contributed by atoms with E-state index in [2.05, 4.69) is 16.0 Å². The van der Waals surface area contributed by atoms with Gasteiger partial charge in [0.05, 0.1) is 10.6 Å². The molecule has 13 nitrogen and oxygen atoms in total. The number of rotatable bonds is 14. The van der Waals surface area contributed by atoms with Crippen LogP contribution in [0.4, 0.5) is 16.2 Å². The molecule has 0 radical (unpaired) electrons. The normalized spacial score (nSPS) is 16.3. The number of benzene rings is 2. The van der Waals surface area contributed by atoms with E-state index in [-0.39, 0.29) is 27.4 Å². The first-order chi connectivity index (χ1) is 23.3. The van der Waals surface area contributed by atoms with E-state index in [1.165, 1.54) is 0 Å². The largest absolute Gasteiger partial charge is 0.479 e. The molecule has 1 aromatic heterocycles. The van der Waals surface area contributed by atoms with Crippen LogP contribution in [0.2, 0.25) is 5.02 Å². The van der Waals surface area contributed by atoms with Crippen molar-refractivity contribution in [1.82, 2.24) is 9.62 Å². The van der Waals surface area contributed by atoms with Crippen molar-refractivity contribution in [1.29, 1.82) is 0 Å². The first-order valence-corrected chi connectivity index (χ1v) is 18.7. The van der Waals surface area contributed by atoms with E-state index in [0.29, 0.717) is 48.5 Å². The number of nitrogens with one attached hydrogen (secondary N) is 3. The molecule has 0 spiro atoms. The number of hydrogen-bond donors (Lipinski definition) is 5. The number of carboxylic acids is 2. The monoisotopic (exact) mass is 750 g/mol. The minimum absolute atomic E-state index is 0.0157.